The molecule has 8 aromatic carbocycles. The number of fused-ring (bicyclic) bond motifs is 5. The molecule has 0 spiro atoms. The van der Waals surface area contributed by atoms with E-state index in [2.05, 4.69) is 121 Å². The molecule has 10 rings (SSSR count). The Morgan fingerprint density at radius 2 is 0.704 bits per heavy atom. The Balaban J connectivity index is 1.11. The lowest BCUT2D eigenvalue weighted by atomic mass is 9.88. The molecule has 4 nitrogen and oxygen atoms in total. The van der Waals surface area contributed by atoms with Crippen molar-refractivity contribution in [3.63, 3.8) is 0 Å². The van der Waals surface area contributed by atoms with Gasteiger partial charge in [0.2, 0.25) is 0 Å². The topological polar surface area (TPSA) is 51.6 Å². The van der Waals surface area contributed by atoms with Crippen molar-refractivity contribution in [2.75, 3.05) is 0 Å². The maximum absolute atomic E-state index is 4.99. The zero-order chi connectivity index (χ0) is 35.8. The molecule has 0 radical (unpaired) electrons. The lowest BCUT2D eigenvalue weighted by Gasteiger charge is -2.16. The van der Waals surface area contributed by atoms with Gasteiger partial charge in [0.15, 0.2) is 17.5 Å². The lowest BCUT2D eigenvalue weighted by molar-refractivity contribution is 1.07. The number of rotatable bonds is 6. The summed E-state index contributed by atoms with van der Waals surface area (Å²) in [5.41, 5.74) is 10.7. The molecule has 0 fully saturated rings. The van der Waals surface area contributed by atoms with E-state index in [4.69, 9.17) is 19.9 Å². The van der Waals surface area contributed by atoms with Crippen LogP contribution in [0.5, 0.6) is 0 Å². The first-order chi connectivity index (χ1) is 26.8. The second-order valence-electron chi connectivity index (χ2n) is 13.5. The van der Waals surface area contributed by atoms with Crippen LogP contribution >= 0.6 is 0 Å². The van der Waals surface area contributed by atoms with Crippen molar-refractivity contribution in [3.8, 4) is 67.5 Å². The summed E-state index contributed by atoms with van der Waals surface area (Å²) in [6.45, 7) is 0. The second-order valence-corrected chi connectivity index (χ2v) is 13.5. The van der Waals surface area contributed by atoms with Crippen molar-refractivity contribution in [3.05, 3.63) is 194 Å². The lowest BCUT2D eigenvalue weighted by Crippen LogP contribution is -2.00. The fourth-order valence-electron chi connectivity index (χ4n) is 7.54. The zero-order valence-electron chi connectivity index (χ0n) is 29.3. The molecule has 2 heterocycles. The summed E-state index contributed by atoms with van der Waals surface area (Å²) in [7, 11) is 0. The SMILES string of the molecule is c1ccc(-c2nc(-c3ccccc3)nc(-c3cccc(-c4cccc(-c5cc6c7cccnc7c(-c7ccccc7)cc6c6ccccc56)c4)c3)n2)cc1. The summed E-state index contributed by atoms with van der Waals surface area (Å²) in [4.78, 5) is 19.8. The van der Waals surface area contributed by atoms with Gasteiger partial charge in [-0.05, 0) is 79.7 Å². The zero-order valence-corrected chi connectivity index (χ0v) is 29.3. The van der Waals surface area contributed by atoms with E-state index >= 15 is 0 Å². The molecule has 0 saturated heterocycles. The van der Waals surface area contributed by atoms with Crippen LogP contribution in [-0.2, 0) is 0 Å². The van der Waals surface area contributed by atoms with Crippen LogP contribution in [0.2, 0.25) is 0 Å². The summed E-state index contributed by atoms with van der Waals surface area (Å²) >= 11 is 0. The van der Waals surface area contributed by atoms with E-state index in [0.29, 0.717) is 17.5 Å². The normalized spacial score (nSPS) is 11.3. The first-order valence-corrected chi connectivity index (χ1v) is 18.1. The van der Waals surface area contributed by atoms with Gasteiger partial charge < -0.3 is 0 Å². The molecule has 10 aromatic rings. The largest absolute Gasteiger partial charge is 0.256 e. The van der Waals surface area contributed by atoms with Gasteiger partial charge in [-0.15, -0.1) is 0 Å². The summed E-state index contributed by atoms with van der Waals surface area (Å²) in [5.74, 6) is 1.93. The number of benzene rings is 8. The third kappa shape index (κ3) is 5.67. The standard InChI is InChI=1S/C50H32N4/c1-4-15-33(16-5-1)44-32-45-41-26-11-10-25-40(41)43(31-46(45)42-27-14-28-51-47(42)44)38-23-12-21-36(29-38)37-22-13-24-39(30-37)50-53-48(34-17-6-2-7-18-34)52-49(54-50)35-19-8-3-9-20-35/h1-32H. The van der Waals surface area contributed by atoms with Crippen molar-refractivity contribution in [2.24, 2.45) is 0 Å². The predicted octanol–water partition coefficient (Wildman–Crippen LogP) is 12.7. The van der Waals surface area contributed by atoms with Crippen molar-refractivity contribution >= 4 is 32.4 Å². The predicted molar refractivity (Wildman–Crippen MR) is 223 cm³/mol. The van der Waals surface area contributed by atoms with Crippen LogP contribution in [0.25, 0.3) is 100.0 Å². The van der Waals surface area contributed by atoms with Gasteiger partial charge in [0.25, 0.3) is 0 Å². The highest BCUT2D eigenvalue weighted by Gasteiger charge is 2.17. The van der Waals surface area contributed by atoms with E-state index < -0.39 is 0 Å². The van der Waals surface area contributed by atoms with Gasteiger partial charge in [-0.1, -0.05) is 158 Å². The van der Waals surface area contributed by atoms with Crippen LogP contribution in [-0.4, -0.2) is 19.9 Å². The molecule has 4 heteroatoms. The van der Waals surface area contributed by atoms with Crippen molar-refractivity contribution < 1.29 is 0 Å². The molecule has 0 unspecified atom stereocenters. The van der Waals surface area contributed by atoms with Crippen LogP contribution < -0.4 is 0 Å². The monoisotopic (exact) mass is 688 g/mol. The minimum atomic E-state index is 0.636. The molecular formula is C50H32N4. The fraction of sp³-hybridized carbons (Fsp3) is 0. The number of nitrogens with zero attached hydrogens (tertiary/aromatic N) is 4. The van der Waals surface area contributed by atoms with Crippen LogP contribution in [0.15, 0.2) is 194 Å². The molecule has 0 saturated carbocycles. The molecule has 0 bridgehead atoms. The van der Waals surface area contributed by atoms with E-state index in [-0.39, 0.29) is 0 Å². The third-order valence-electron chi connectivity index (χ3n) is 10.1. The quantitative estimate of drug-likeness (QED) is 0.163. The van der Waals surface area contributed by atoms with Gasteiger partial charge in [0.1, 0.15) is 0 Å². The molecule has 0 aliphatic heterocycles. The Kier molecular flexibility index (Phi) is 7.77. The molecule has 54 heavy (non-hydrogen) atoms. The average molecular weight is 689 g/mol. The van der Waals surface area contributed by atoms with Gasteiger partial charge in [0.05, 0.1) is 5.52 Å². The highest BCUT2D eigenvalue weighted by atomic mass is 15.0. The summed E-state index contributed by atoms with van der Waals surface area (Å²) in [6.07, 6.45) is 1.89. The molecule has 0 atom stereocenters. The third-order valence-corrected chi connectivity index (χ3v) is 10.1. The van der Waals surface area contributed by atoms with E-state index in [1.807, 2.05) is 72.9 Å². The van der Waals surface area contributed by atoms with Crippen LogP contribution in [0, 0.1) is 0 Å². The second kappa shape index (κ2) is 13.4. The molecule has 252 valence electrons. The number of aromatic nitrogens is 4. The number of hydrogen-bond donors (Lipinski definition) is 0. The van der Waals surface area contributed by atoms with Gasteiger partial charge in [-0.3, -0.25) is 4.98 Å². The first kappa shape index (κ1) is 31.4. The molecule has 0 aliphatic rings. The Hall–Kier alpha value is -7.30. The van der Waals surface area contributed by atoms with Gasteiger partial charge >= 0.3 is 0 Å². The van der Waals surface area contributed by atoms with Crippen molar-refractivity contribution in [1.29, 1.82) is 0 Å². The van der Waals surface area contributed by atoms with Crippen LogP contribution in [0.1, 0.15) is 0 Å². The Bertz CT molecular complexity index is 2920. The minimum absolute atomic E-state index is 0.636. The Morgan fingerprint density at radius 1 is 0.259 bits per heavy atom. The Labute approximate surface area is 313 Å². The van der Waals surface area contributed by atoms with Crippen molar-refractivity contribution in [2.45, 2.75) is 0 Å². The summed E-state index contributed by atoms with van der Waals surface area (Å²) < 4.78 is 0. The van der Waals surface area contributed by atoms with Gasteiger partial charge in [-0.25, -0.2) is 15.0 Å². The molecule has 2 aromatic heterocycles. The van der Waals surface area contributed by atoms with Gasteiger partial charge in [0, 0.05) is 33.8 Å². The maximum Gasteiger partial charge on any atom is 0.164 e. The van der Waals surface area contributed by atoms with E-state index in [9.17, 15) is 0 Å². The fourth-order valence-corrected chi connectivity index (χ4v) is 7.54. The highest BCUT2D eigenvalue weighted by molar-refractivity contribution is 6.23. The smallest absolute Gasteiger partial charge is 0.164 e. The van der Waals surface area contributed by atoms with Gasteiger partial charge in [-0.2, -0.15) is 0 Å². The van der Waals surface area contributed by atoms with E-state index in [0.717, 1.165) is 55.4 Å². The van der Waals surface area contributed by atoms with Crippen molar-refractivity contribution in [1.82, 2.24) is 19.9 Å². The maximum atomic E-state index is 4.99. The minimum Gasteiger partial charge on any atom is -0.256 e. The molecule has 0 N–H and O–H groups in total. The summed E-state index contributed by atoms with van der Waals surface area (Å²) in [6, 6.07) is 65.7. The number of hydrogen-bond acceptors (Lipinski definition) is 4. The molecule has 0 amide bonds. The average Bonchev–Trinajstić information content (AvgIpc) is 3.26. The van der Waals surface area contributed by atoms with E-state index in [1.165, 1.54) is 27.1 Å². The van der Waals surface area contributed by atoms with E-state index in [1.54, 1.807) is 0 Å². The highest BCUT2D eigenvalue weighted by Crippen LogP contribution is 2.42. The Morgan fingerprint density at radius 3 is 1.35 bits per heavy atom. The van der Waals surface area contributed by atoms with Crippen LogP contribution in [0.3, 0.4) is 0 Å². The number of pyridine rings is 1. The molecular weight excluding hydrogens is 657 g/mol. The molecule has 0 aliphatic carbocycles. The summed E-state index contributed by atoms with van der Waals surface area (Å²) in [5, 5.41) is 5.99. The van der Waals surface area contributed by atoms with Crippen LogP contribution in [0.4, 0.5) is 0 Å². The first-order valence-electron chi connectivity index (χ1n) is 18.1.